The van der Waals surface area contributed by atoms with Gasteiger partial charge in [0, 0.05) is 12.5 Å². The van der Waals surface area contributed by atoms with Gasteiger partial charge in [0.2, 0.25) is 5.91 Å². The summed E-state index contributed by atoms with van der Waals surface area (Å²) in [5.74, 6) is -0.278. The van der Waals surface area contributed by atoms with Crippen LogP contribution in [0.4, 0.5) is 4.39 Å². The monoisotopic (exact) mass is 253 g/mol. The van der Waals surface area contributed by atoms with Gasteiger partial charge in [0.05, 0.1) is 6.10 Å². The molecule has 1 rings (SSSR count). The minimum Gasteiger partial charge on any atom is -0.488 e. The predicted molar refractivity (Wildman–Crippen MR) is 68.8 cm³/mol. The van der Waals surface area contributed by atoms with Gasteiger partial charge in [0.1, 0.15) is 0 Å². The number of hydrogen-bond donors (Lipinski definition) is 1. The summed E-state index contributed by atoms with van der Waals surface area (Å²) in [5, 5.41) is 2.74. The van der Waals surface area contributed by atoms with E-state index in [0.717, 1.165) is 5.56 Å². The lowest BCUT2D eigenvalue weighted by atomic mass is 10.1. The van der Waals surface area contributed by atoms with E-state index in [9.17, 15) is 9.18 Å². The van der Waals surface area contributed by atoms with Crippen LogP contribution < -0.4 is 10.1 Å². The van der Waals surface area contributed by atoms with E-state index in [1.165, 1.54) is 6.07 Å². The first kappa shape index (κ1) is 14.5. The Morgan fingerprint density at radius 2 is 2.00 bits per heavy atom. The molecule has 0 fully saturated rings. The summed E-state index contributed by atoms with van der Waals surface area (Å²) in [5.41, 5.74) is 0.720. The summed E-state index contributed by atoms with van der Waals surface area (Å²) in [6.45, 7) is 7.65. The highest BCUT2D eigenvalue weighted by molar-refractivity contribution is 5.77. The third-order valence-electron chi connectivity index (χ3n) is 2.35. The number of amides is 1. The standard InChI is InChI=1S/C14H20FNO2/c1-9(2)14(17)16-8-11-5-6-13(12(15)7-11)18-10(3)4/h5-7,9-10H,8H2,1-4H3,(H,16,17). The molecule has 0 saturated carbocycles. The van der Waals surface area contributed by atoms with E-state index in [2.05, 4.69) is 5.32 Å². The maximum Gasteiger partial charge on any atom is 0.222 e. The molecule has 0 heterocycles. The Balaban J connectivity index is 2.64. The van der Waals surface area contributed by atoms with E-state index in [4.69, 9.17) is 4.74 Å². The van der Waals surface area contributed by atoms with Crippen LogP contribution in [0.5, 0.6) is 5.75 Å². The predicted octanol–water partition coefficient (Wildman–Crippen LogP) is 2.89. The summed E-state index contributed by atoms with van der Waals surface area (Å²) in [6, 6.07) is 4.73. The van der Waals surface area contributed by atoms with Gasteiger partial charge in [-0.05, 0) is 31.5 Å². The Morgan fingerprint density at radius 3 is 2.50 bits per heavy atom. The third kappa shape index (κ3) is 4.35. The van der Waals surface area contributed by atoms with Gasteiger partial charge >= 0.3 is 0 Å². The zero-order valence-corrected chi connectivity index (χ0v) is 11.3. The van der Waals surface area contributed by atoms with E-state index in [1.807, 2.05) is 27.7 Å². The molecule has 0 unspecified atom stereocenters. The number of nitrogens with one attached hydrogen (secondary N) is 1. The van der Waals surface area contributed by atoms with E-state index in [-0.39, 0.29) is 23.7 Å². The molecule has 4 heteroatoms. The molecule has 18 heavy (non-hydrogen) atoms. The highest BCUT2D eigenvalue weighted by Gasteiger charge is 2.09. The molecule has 100 valence electrons. The Bertz CT molecular complexity index is 416. The number of ether oxygens (including phenoxy) is 1. The zero-order chi connectivity index (χ0) is 13.7. The first-order valence-corrected chi connectivity index (χ1v) is 6.13. The molecular weight excluding hydrogens is 233 g/mol. The average Bonchev–Trinajstić information content (AvgIpc) is 2.28. The van der Waals surface area contributed by atoms with Gasteiger partial charge in [-0.2, -0.15) is 0 Å². The van der Waals surface area contributed by atoms with Crippen molar-refractivity contribution in [2.75, 3.05) is 0 Å². The van der Waals surface area contributed by atoms with Crippen LogP contribution in [-0.2, 0) is 11.3 Å². The van der Waals surface area contributed by atoms with Gasteiger partial charge in [-0.1, -0.05) is 19.9 Å². The molecule has 0 radical (unpaired) electrons. The minimum absolute atomic E-state index is 0.0436. The van der Waals surface area contributed by atoms with Crippen LogP contribution >= 0.6 is 0 Å². The second-order valence-electron chi connectivity index (χ2n) is 4.80. The zero-order valence-electron chi connectivity index (χ0n) is 11.3. The molecule has 3 nitrogen and oxygen atoms in total. The molecule has 0 aliphatic heterocycles. The van der Waals surface area contributed by atoms with Crippen molar-refractivity contribution in [1.29, 1.82) is 0 Å². The molecule has 0 aromatic heterocycles. The number of benzene rings is 1. The Hall–Kier alpha value is -1.58. The van der Waals surface area contributed by atoms with Crippen molar-refractivity contribution in [2.45, 2.75) is 40.3 Å². The van der Waals surface area contributed by atoms with Gasteiger partial charge in [0.25, 0.3) is 0 Å². The highest BCUT2D eigenvalue weighted by Crippen LogP contribution is 2.19. The van der Waals surface area contributed by atoms with Crippen LogP contribution in [0.25, 0.3) is 0 Å². The van der Waals surface area contributed by atoms with Crippen LogP contribution in [0.15, 0.2) is 18.2 Å². The second kappa shape index (κ2) is 6.38. The SMILES string of the molecule is CC(C)Oc1ccc(CNC(=O)C(C)C)cc1F. The molecule has 1 aromatic carbocycles. The van der Waals surface area contributed by atoms with Crippen molar-refractivity contribution in [1.82, 2.24) is 5.32 Å². The fourth-order valence-corrected chi connectivity index (χ4v) is 1.40. The van der Waals surface area contributed by atoms with Gasteiger partial charge in [-0.3, -0.25) is 4.79 Å². The van der Waals surface area contributed by atoms with Crippen molar-refractivity contribution in [3.8, 4) is 5.75 Å². The molecule has 0 bridgehead atoms. The topological polar surface area (TPSA) is 38.3 Å². The molecule has 0 aliphatic rings. The van der Waals surface area contributed by atoms with Crippen molar-refractivity contribution in [3.05, 3.63) is 29.6 Å². The lowest BCUT2D eigenvalue weighted by Gasteiger charge is -2.12. The largest absolute Gasteiger partial charge is 0.488 e. The summed E-state index contributed by atoms with van der Waals surface area (Å²) in [4.78, 5) is 11.4. The van der Waals surface area contributed by atoms with Crippen LogP contribution in [0.3, 0.4) is 0 Å². The second-order valence-corrected chi connectivity index (χ2v) is 4.80. The minimum atomic E-state index is -0.403. The van der Waals surface area contributed by atoms with Crippen molar-refractivity contribution in [2.24, 2.45) is 5.92 Å². The van der Waals surface area contributed by atoms with Crippen LogP contribution in [0.1, 0.15) is 33.3 Å². The Kier molecular flexibility index (Phi) is 5.13. The van der Waals surface area contributed by atoms with E-state index in [1.54, 1.807) is 12.1 Å². The van der Waals surface area contributed by atoms with Gasteiger partial charge in [0.15, 0.2) is 11.6 Å². The van der Waals surface area contributed by atoms with Crippen LogP contribution in [-0.4, -0.2) is 12.0 Å². The quantitative estimate of drug-likeness (QED) is 0.876. The number of rotatable bonds is 5. The summed E-state index contributed by atoms with van der Waals surface area (Å²) in [6.07, 6.45) is -0.0639. The van der Waals surface area contributed by atoms with Crippen LogP contribution in [0.2, 0.25) is 0 Å². The lowest BCUT2D eigenvalue weighted by Crippen LogP contribution is -2.27. The molecule has 1 N–H and O–H groups in total. The van der Waals surface area contributed by atoms with Crippen LogP contribution in [0, 0.1) is 11.7 Å². The molecule has 0 aliphatic carbocycles. The highest BCUT2D eigenvalue weighted by atomic mass is 19.1. The summed E-state index contributed by atoms with van der Waals surface area (Å²) in [7, 11) is 0. The summed E-state index contributed by atoms with van der Waals surface area (Å²) >= 11 is 0. The van der Waals surface area contributed by atoms with Gasteiger partial charge in [-0.25, -0.2) is 4.39 Å². The third-order valence-corrected chi connectivity index (χ3v) is 2.35. The van der Waals surface area contributed by atoms with Crippen molar-refractivity contribution < 1.29 is 13.9 Å². The summed E-state index contributed by atoms with van der Waals surface area (Å²) < 4.78 is 19.0. The molecule has 1 amide bonds. The van der Waals surface area contributed by atoms with Crippen molar-refractivity contribution >= 4 is 5.91 Å². The first-order chi connectivity index (χ1) is 8.40. The number of hydrogen-bond acceptors (Lipinski definition) is 2. The fraction of sp³-hybridized carbons (Fsp3) is 0.500. The van der Waals surface area contributed by atoms with Crippen molar-refractivity contribution in [3.63, 3.8) is 0 Å². The molecule has 0 atom stereocenters. The number of carbonyl (C=O) groups is 1. The van der Waals surface area contributed by atoms with E-state index >= 15 is 0 Å². The van der Waals surface area contributed by atoms with Gasteiger partial charge < -0.3 is 10.1 Å². The molecule has 1 aromatic rings. The smallest absolute Gasteiger partial charge is 0.222 e. The van der Waals surface area contributed by atoms with Gasteiger partial charge in [-0.15, -0.1) is 0 Å². The maximum atomic E-state index is 13.7. The molecule has 0 saturated heterocycles. The van der Waals surface area contributed by atoms with E-state index in [0.29, 0.717) is 6.54 Å². The average molecular weight is 253 g/mol. The van der Waals surface area contributed by atoms with E-state index < -0.39 is 5.82 Å². The molecular formula is C14H20FNO2. The normalized spacial score (nSPS) is 10.8. The first-order valence-electron chi connectivity index (χ1n) is 6.13. The molecule has 0 spiro atoms. The Morgan fingerprint density at radius 1 is 1.33 bits per heavy atom. The lowest BCUT2D eigenvalue weighted by molar-refractivity contribution is -0.124. The fourth-order valence-electron chi connectivity index (χ4n) is 1.40. The maximum absolute atomic E-state index is 13.7. The Labute approximate surface area is 107 Å². The number of halogens is 1. The number of carbonyl (C=O) groups excluding carboxylic acids is 1.